The van der Waals surface area contributed by atoms with Crippen molar-refractivity contribution in [2.45, 2.75) is 31.0 Å². The Kier molecular flexibility index (Phi) is 6.53. The van der Waals surface area contributed by atoms with Gasteiger partial charge >= 0.3 is 0 Å². The van der Waals surface area contributed by atoms with Gasteiger partial charge in [0.25, 0.3) is 0 Å². The summed E-state index contributed by atoms with van der Waals surface area (Å²) in [4.78, 5) is 0. The van der Waals surface area contributed by atoms with Gasteiger partial charge in [-0.25, -0.2) is 4.39 Å². The molecule has 1 aromatic heterocycles. The van der Waals surface area contributed by atoms with Gasteiger partial charge in [0.2, 0.25) is 0 Å². The highest BCUT2D eigenvalue weighted by molar-refractivity contribution is 7.98. The third kappa shape index (κ3) is 4.90. The quantitative estimate of drug-likeness (QED) is 0.371. The highest BCUT2D eigenvalue weighted by Crippen LogP contribution is 2.28. The smallest absolute Gasteiger partial charge is 0.191 e. The van der Waals surface area contributed by atoms with Crippen molar-refractivity contribution < 1.29 is 9.13 Å². The highest BCUT2D eigenvalue weighted by Gasteiger charge is 2.15. The summed E-state index contributed by atoms with van der Waals surface area (Å²) in [5.41, 5.74) is 1.62. The van der Waals surface area contributed by atoms with Gasteiger partial charge in [-0.05, 0) is 31.2 Å². The van der Waals surface area contributed by atoms with Crippen molar-refractivity contribution in [1.82, 2.24) is 14.8 Å². The number of aryl methyl sites for hydroxylation is 1. The first-order valence-corrected chi connectivity index (χ1v) is 9.73. The van der Waals surface area contributed by atoms with Crippen molar-refractivity contribution in [2.75, 3.05) is 0 Å². The lowest BCUT2D eigenvalue weighted by atomic mass is 10.2. The Labute approximate surface area is 167 Å². The molecule has 7 heteroatoms. The van der Waals surface area contributed by atoms with E-state index >= 15 is 0 Å². The minimum Gasteiger partial charge on any atom is -0.486 e. The molecule has 0 aliphatic heterocycles. The topological polar surface area (TPSA) is 39.9 Å². The number of ether oxygens (including phenoxy) is 1. The van der Waals surface area contributed by atoms with E-state index in [1.54, 1.807) is 18.2 Å². The van der Waals surface area contributed by atoms with E-state index < -0.39 is 0 Å². The number of halogens is 2. The van der Waals surface area contributed by atoms with Crippen LogP contribution in [-0.4, -0.2) is 14.8 Å². The summed E-state index contributed by atoms with van der Waals surface area (Å²) in [6, 6.07) is 12.5. The second kappa shape index (κ2) is 9.06. The van der Waals surface area contributed by atoms with Crippen LogP contribution in [0.2, 0.25) is 5.02 Å². The molecule has 0 unspecified atom stereocenters. The summed E-state index contributed by atoms with van der Waals surface area (Å²) in [6.45, 7) is 6.63. The summed E-state index contributed by atoms with van der Waals surface area (Å²) >= 11 is 7.47. The molecule has 0 saturated carbocycles. The van der Waals surface area contributed by atoms with E-state index in [0.717, 1.165) is 5.75 Å². The fourth-order valence-corrected chi connectivity index (χ4v) is 3.74. The highest BCUT2D eigenvalue weighted by atomic mass is 35.5. The van der Waals surface area contributed by atoms with Gasteiger partial charge in [0.05, 0.1) is 0 Å². The Morgan fingerprint density at radius 3 is 2.70 bits per heavy atom. The first-order valence-electron chi connectivity index (χ1n) is 8.36. The van der Waals surface area contributed by atoms with E-state index in [9.17, 15) is 4.39 Å². The average molecular weight is 404 g/mol. The first-order chi connectivity index (χ1) is 13.1. The molecule has 0 amide bonds. The van der Waals surface area contributed by atoms with Gasteiger partial charge in [0.15, 0.2) is 11.0 Å². The van der Waals surface area contributed by atoms with Crippen molar-refractivity contribution in [3.05, 3.63) is 82.9 Å². The Morgan fingerprint density at radius 1 is 1.22 bits per heavy atom. The summed E-state index contributed by atoms with van der Waals surface area (Å²) < 4.78 is 21.7. The molecule has 0 bridgehead atoms. The van der Waals surface area contributed by atoms with E-state index in [1.165, 1.54) is 23.4 Å². The minimum absolute atomic E-state index is 0.283. The van der Waals surface area contributed by atoms with Crippen LogP contribution in [-0.2, 0) is 18.9 Å². The number of aromatic nitrogens is 3. The second-order valence-corrected chi connectivity index (χ2v) is 7.24. The van der Waals surface area contributed by atoms with Gasteiger partial charge in [0.1, 0.15) is 18.2 Å². The van der Waals surface area contributed by atoms with Crippen LogP contribution in [0, 0.1) is 12.7 Å². The van der Waals surface area contributed by atoms with Gasteiger partial charge in [0, 0.05) is 22.9 Å². The molecule has 140 valence electrons. The van der Waals surface area contributed by atoms with Crippen molar-refractivity contribution >= 4 is 23.4 Å². The molecular formula is C20H19ClFN3OS. The molecule has 0 aliphatic carbocycles. The normalized spacial score (nSPS) is 10.8. The maximum absolute atomic E-state index is 14.0. The SMILES string of the molecule is C=CCn1c(COc2ccc(C)cc2)nnc1SCc1c(F)cccc1Cl. The molecule has 0 saturated heterocycles. The van der Waals surface area contributed by atoms with E-state index in [1.807, 2.05) is 35.8 Å². The van der Waals surface area contributed by atoms with Gasteiger partial charge in [-0.15, -0.1) is 16.8 Å². The summed E-state index contributed by atoms with van der Waals surface area (Å²) in [6.07, 6.45) is 1.76. The van der Waals surface area contributed by atoms with E-state index in [0.29, 0.717) is 33.9 Å². The molecule has 0 spiro atoms. The molecule has 0 N–H and O–H groups in total. The van der Waals surface area contributed by atoms with Gasteiger partial charge < -0.3 is 4.74 Å². The third-order valence-corrected chi connectivity index (χ3v) is 5.25. The standard InChI is InChI=1S/C20H19ClFN3OS/c1-3-11-25-19(12-26-15-9-7-14(2)8-10-15)23-24-20(25)27-13-16-17(21)5-4-6-18(16)22/h3-10H,1,11-13H2,2H3. The molecule has 2 aromatic carbocycles. The lowest BCUT2D eigenvalue weighted by Gasteiger charge is -2.10. The molecule has 0 radical (unpaired) electrons. The number of allylic oxidation sites excluding steroid dienone is 1. The van der Waals surface area contributed by atoms with Crippen LogP contribution in [0.5, 0.6) is 5.75 Å². The lowest BCUT2D eigenvalue weighted by molar-refractivity contribution is 0.289. The molecular weight excluding hydrogens is 385 g/mol. The summed E-state index contributed by atoms with van der Waals surface area (Å²) in [7, 11) is 0. The zero-order chi connectivity index (χ0) is 19.2. The van der Waals surface area contributed by atoms with Crippen molar-refractivity contribution in [3.8, 4) is 5.75 Å². The number of hydrogen-bond donors (Lipinski definition) is 0. The summed E-state index contributed by atoms with van der Waals surface area (Å²) in [5, 5.41) is 9.50. The molecule has 0 fully saturated rings. The van der Waals surface area contributed by atoms with Crippen molar-refractivity contribution in [2.24, 2.45) is 0 Å². The molecule has 27 heavy (non-hydrogen) atoms. The van der Waals surface area contributed by atoms with Crippen molar-refractivity contribution in [1.29, 1.82) is 0 Å². The zero-order valence-corrected chi connectivity index (χ0v) is 16.4. The predicted octanol–water partition coefficient (Wildman–Crippen LogP) is 5.44. The Bertz CT molecular complexity index is 907. The first kappa shape index (κ1) is 19.5. The second-order valence-electron chi connectivity index (χ2n) is 5.89. The van der Waals surface area contributed by atoms with Crippen LogP contribution < -0.4 is 4.74 Å². The number of nitrogens with zero attached hydrogens (tertiary/aromatic N) is 3. The molecule has 4 nitrogen and oxygen atoms in total. The number of hydrogen-bond acceptors (Lipinski definition) is 4. The van der Waals surface area contributed by atoms with Gasteiger partial charge in [-0.3, -0.25) is 4.57 Å². The van der Waals surface area contributed by atoms with E-state index in [4.69, 9.17) is 16.3 Å². The van der Waals surface area contributed by atoms with Gasteiger partial charge in [-0.1, -0.05) is 53.2 Å². The van der Waals surface area contributed by atoms with Crippen LogP contribution >= 0.6 is 23.4 Å². The Hall–Kier alpha value is -2.31. The average Bonchev–Trinajstić information content (AvgIpc) is 3.03. The number of thioether (sulfide) groups is 1. The van der Waals surface area contributed by atoms with Crippen LogP contribution in [0.1, 0.15) is 17.0 Å². The number of benzene rings is 2. The van der Waals surface area contributed by atoms with Crippen LogP contribution in [0.3, 0.4) is 0 Å². The predicted molar refractivity (Wildman–Crippen MR) is 107 cm³/mol. The van der Waals surface area contributed by atoms with Gasteiger partial charge in [-0.2, -0.15) is 0 Å². The van der Waals surface area contributed by atoms with Crippen LogP contribution in [0.25, 0.3) is 0 Å². The molecule has 1 heterocycles. The maximum atomic E-state index is 14.0. The fourth-order valence-electron chi connectivity index (χ4n) is 2.43. The molecule has 0 atom stereocenters. The maximum Gasteiger partial charge on any atom is 0.191 e. The molecule has 0 aliphatic rings. The van der Waals surface area contributed by atoms with Crippen molar-refractivity contribution in [3.63, 3.8) is 0 Å². The third-order valence-electron chi connectivity index (χ3n) is 3.90. The zero-order valence-electron chi connectivity index (χ0n) is 14.9. The van der Waals surface area contributed by atoms with Crippen LogP contribution in [0.15, 0.2) is 60.3 Å². The largest absolute Gasteiger partial charge is 0.486 e. The fraction of sp³-hybridized carbons (Fsp3) is 0.200. The lowest BCUT2D eigenvalue weighted by Crippen LogP contribution is -2.07. The molecule has 3 aromatic rings. The Morgan fingerprint density at radius 2 is 2.00 bits per heavy atom. The minimum atomic E-state index is -0.326. The Balaban J connectivity index is 1.72. The van der Waals surface area contributed by atoms with E-state index in [2.05, 4.69) is 16.8 Å². The summed E-state index contributed by atoms with van der Waals surface area (Å²) in [5.74, 6) is 1.48. The number of rotatable bonds is 8. The van der Waals surface area contributed by atoms with Crippen LogP contribution in [0.4, 0.5) is 4.39 Å². The van der Waals surface area contributed by atoms with E-state index in [-0.39, 0.29) is 12.4 Å². The monoisotopic (exact) mass is 403 g/mol. The molecule has 3 rings (SSSR count).